The third-order valence-electron chi connectivity index (χ3n) is 2.83. The third kappa shape index (κ3) is 6.92. The van der Waals surface area contributed by atoms with E-state index >= 15 is 0 Å². The normalized spacial score (nSPS) is 12.5. The average Bonchev–Trinajstić information content (AvgIpc) is 2.45. The Hall–Kier alpha value is -1.73. The molecule has 23 heavy (non-hydrogen) atoms. The van der Waals surface area contributed by atoms with Gasteiger partial charge in [0.15, 0.2) is 0 Å². The molecular weight excluding hydrogens is 318 g/mol. The molecule has 0 aromatic heterocycles. The molecule has 0 saturated carbocycles. The van der Waals surface area contributed by atoms with Crippen molar-refractivity contribution in [3.05, 3.63) is 35.9 Å². The first kappa shape index (κ1) is 19.3. The highest BCUT2D eigenvalue weighted by Gasteiger charge is 2.33. The third-order valence-corrected chi connectivity index (χ3v) is 3.52. The molecule has 1 aromatic carbocycles. The second-order valence-electron chi connectivity index (χ2n) is 5.90. The molecule has 1 rings (SSSR count). The summed E-state index contributed by atoms with van der Waals surface area (Å²) in [5.41, 5.74) is 0.121. The molecule has 1 N–H and O–H groups in total. The highest BCUT2D eigenvalue weighted by Crippen LogP contribution is 2.18. The lowest BCUT2D eigenvalue weighted by Crippen LogP contribution is -2.48. The van der Waals surface area contributed by atoms with Crippen LogP contribution in [0.5, 0.6) is 0 Å². The van der Waals surface area contributed by atoms with Gasteiger partial charge in [0.25, 0.3) is 0 Å². The van der Waals surface area contributed by atoms with Gasteiger partial charge < -0.3 is 14.0 Å². The number of carboxylic acid groups (broad SMARTS) is 1. The van der Waals surface area contributed by atoms with E-state index in [-0.39, 0.29) is 12.3 Å². The molecule has 0 aliphatic rings. The Balaban J connectivity index is 3.02. The van der Waals surface area contributed by atoms with Crippen LogP contribution in [0.15, 0.2) is 30.3 Å². The minimum Gasteiger partial charge on any atom is -0.480 e. The summed E-state index contributed by atoms with van der Waals surface area (Å²) < 4.78 is 10.2. The molecule has 0 fully saturated rings. The van der Waals surface area contributed by atoms with Crippen molar-refractivity contribution in [1.29, 1.82) is 0 Å². The topological polar surface area (TPSA) is 76.1 Å². The van der Waals surface area contributed by atoms with Crippen molar-refractivity contribution >= 4 is 24.1 Å². The number of rotatable bonds is 7. The minimum atomic E-state index is -1.10. The predicted molar refractivity (Wildman–Crippen MR) is 89.1 cm³/mol. The second kappa shape index (κ2) is 8.79. The Bertz CT molecular complexity index is 515. The molecule has 0 aliphatic carbocycles. The van der Waals surface area contributed by atoms with Crippen LogP contribution < -0.4 is 0 Å². The van der Waals surface area contributed by atoms with Gasteiger partial charge in [0, 0.05) is 6.54 Å². The number of hydrogen-bond acceptors (Lipinski definition) is 5. The lowest BCUT2D eigenvalue weighted by Gasteiger charge is -2.31. The molecule has 1 atom stereocenters. The van der Waals surface area contributed by atoms with Crippen molar-refractivity contribution in [2.24, 2.45) is 0 Å². The van der Waals surface area contributed by atoms with E-state index in [1.165, 1.54) is 12.0 Å². The summed E-state index contributed by atoms with van der Waals surface area (Å²) in [6.45, 7) is 5.37. The summed E-state index contributed by atoms with van der Waals surface area (Å²) in [5.74, 6) is -0.992. The van der Waals surface area contributed by atoms with Crippen molar-refractivity contribution in [2.75, 3.05) is 12.9 Å². The van der Waals surface area contributed by atoms with Crippen molar-refractivity contribution in [3.63, 3.8) is 0 Å². The van der Waals surface area contributed by atoms with Crippen LogP contribution in [0.2, 0.25) is 0 Å². The van der Waals surface area contributed by atoms with Gasteiger partial charge in [-0.15, -0.1) is 0 Å². The molecule has 6 nitrogen and oxygen atoms in total. The molecule has 0 saturated heterocycles. The second-order valence-corrected chi connectivity index (χ2v) is 6.80. The smallest absolute Gasteiger partial charge is 0.411 e. The van der Waals surface area contributed by atoms with Crippen LogP contribution in [0.1, 0.15) is 26.3 Å². The van der Waals surface area contributed by atoms with E-state index in [1.807, 2.05) is 30.3 Å². The van der Waals surface area contributed by atoms with E-state index in [2.05, 4.69) is 0 Å². The first-order valence-corrected chi connectivity index (χ1v) is 8.07. The standard InChI is InChI=1S/C16H23NO5S/c1-16(2,3)22-15(20)17(10-12-8-6-5-7-9-12)13(14(18)19)11-23-21-4/h5-9,13H,10-11H2,1-4H3,(H,18,19)/t13-/m0/s1. The molecule has 1 aromatic rings. The highest BCUT2D eigenvalue weighted by molar-refractivity contribution is 7.94. The molecular formula is C16H23NO5S. The summed E-state index contributed by atoms with van der Waals surface area (Å²) in [7, 11) is 1.46. The minimum absolute atomic E-state index is 0.109. The summed E-state index contributed by atoms with van der Waals surface area (Å²) >= 11 is 0.989. The molecule has 128 valence electrons. The van der Waals surface area contributed by atoms with E-state index in [4.69, 9.17) is 8.92 Å². The number of carbonyl (C=O) groups is 2. The lowest BCUT2D eigenvalue weighted by molar-refractivity contribution is -0.142. The Morgan fingerprint density at radius 1 is 1.26 bits per heavy atom. The van der Waals surface area contributed by atoms with Gasteiger partial charge in [0.1, 0.15) is 11.6 Å². The first-order chi connectivity index (χ1) is 10.7. The van der Waals surface area contributed by atoms with Crippen LogP contribution in [0.4, 0.5) is 4.79 Å². The molecule has 0 aliphatic heterocycles. The lowest BCUT2D eigenvalue weighted by atomic mass is 10.2. The molecule has 1 amide bonds. The number of carboxylic acids is 1. The maximum Gasteiger partial charge on any atom is 0.411 e. The number of benzene rings is 1. The van der Waals surface area contributed by atoms with Gasteiger partial charge in [-0.05, 0) is 38.4 Å². The number of hydrogen-bond donors (Lipinski definition) is 1. The van der Waals surface area contributed by atoms with Gasteiger partial charge >= 0.3 is 12.1 Å². The monoisotopic (exact) mass is 341 g/mol. The van der Waals surface area contributed by atoms with Crippen LogP contribution in [-0.2, 0) is 20.3 Å². The van der Waals surface area contributed by atoms with Gasteiger partial charge in [-0.3, -0.25) is 4.90 Å². The Labute approximate surface area is 141 Å². The summed E-state index contributed by atoms with van der Waals surface area (Å²) in [6.07, 6.45) is -0.662. The van der Waals surface area contributed by atoms with Gasteiger partial charge in [0.2, 0.25) is 0 Å². The first-order valence-electron chi connectivity index (χ1n) is 7.16. The zero-order valence-corrected chi connectivity index (χ0v) is 14.6. The van der Waals surface area contributed by atoms with Gasteiger partial charge in [-0.2, -0.15) is 0 Å². The van der Waals surface area contributed by atoms with Crippen LogP contribution in [0.25, 0.3) is 0 Å². The van der Waals surface area contributed by atoms with Crippen molar-refractivity contribution in [2.45, 2.75) is 39.0 Å². The van der Waals surface area contributed by atoms with Crippen molar-refractivity contribution < 1.29 is 23.6 Å². The molecule has 0 radical (unpaired) electrons. The zero-order chi connectivity index (χ0) is 17.5. The fourth-order valence-electron chi connectivity index (χ4n) is 1.83. The number of carbonyl (C=O) groups excluding carboxylic acids is 1. The van der Waals surface area contributed by atoms with E-state index in [9.17, 15) is 14.7 Å². The Kier molecular flexibility index (Phi) is 7.38. The zero-order valence-electron chi connectivity index (χ0n) is 13.8. The van der Waals surface area contributed by atoms with Crippen LogP contribution in [0, 0.1) is 0 Å². The Morgan fingerprint density at radius 2 is 1.87 bits per heavy atom. The van der Waals surface area contributed by atoms with Crippen LogP contribution in [0.3, 0.4) is 0 Å². The summed E-state index contributed by atoms with van der Waals surface area (Å²) in [6, 6.07) is 8.15. The average molecular weight is 341 g/mol. The van der Waals surface area contributed by atoms with E-state index in [0.717, 1.165) is 17.6 Å². The van der Waals surface area contributed by atoms with Crippen molar-refractivity contribution in [1.82, 2.24) is 4.90 Å². The van der Waals surface area contributed by atoms with Crippen molar-refractivity contribution in [3.8, 4) is 0 Å². The number of aliphatic carboxylic acids is 1. The molecule has 7 heteroatoms. The predicted octanol–water partition coefficient (Wildman–Crippen LogP) is 3.17. The van der Waals surface area contributed by atoms with E-state index < -0.39 is 23.7 Å². The maximum atomic E-state index is 12.5. The van der Waals surface area contributed by atoms with E-state index in [1.54, 1.807) is 20.8 Å². The molecule has 0 heterocycles. The molecule has 0 unspecified atom stereocenters. The quantitative estimate of drug-likeness (QED) is 0.768. The van der Waals surface area contributed by atoms with E-state index in [0.29, 0.717) is 0 Å². The SMILES string of the molecule is COSC[C@@H](C(=O)O)N(Cc1ccccc1)C(=O)OC(C)(C)C. The fourth-order valence-corrected chi connectivity index (χ4v) is 2.42. The Morgan fingerprint density at radius 3 is 2.35 bits per heavy atom. The fraction of sp³-hybridized carbons (Fsp3) is 0.500. The largest absolute Gasteiger partial charge is 0.480 e. The van der Waals surface area contributed by atoms with Crippen LogP contribution >= 0.6 is 12.0 Å². The number of ether oxygens (including phenoxy) is 1. The highest BCUT2D eigenvalue weighted by atomic mass is 32.2. The van der Waals surface area contributed by atoms with Gasteiger partial charge in [-0.1, -0.05) is 30.3 Å². The number of amides is 1. The molecule has 0 bridgehead atoms. The van der Waals surface area contributed by atoms with Gasteiger partial charge in [-0.25, -0.2) is 9.59 Å². The maximum absolute atomic E-state index is 12.5. The summed E-state index contributed by atoms with van der Waals surface area (Å²) in [5, 5.41) is 9.48. The number of nitrogens with zero attached hydrogens (tertiary/aromatic N) is 1. The summed E-state index contributed by atoms with van der Waals surface area (Å²) in [4.78, 5) is 25.3. The molecule has 0 spiro atoms. The van der Waals surface area contributed by atoms with Crippen LogP contribution in [-0.4, -0.2) is 46.6 Å². The van der Waals surface area contributed by atoms with Gasteiger partial charge in [0.05, 0.1) is 12.9 Å².